The lowest BCUT2D eigenvalue weighted by Crippen LogP contribution is -2.53. The summed E-state index contributed by atoms with van der Waals surface area (Å²) in [7, 11) is 0. The number of piperazine rings is 1. The van der Waals surface area contributed by atoms with E-state index in [9.17, 15) is 0 Å². The van der Waals surface area contributed by atoms with Crippen LogP contribution in [0.4, 0.5) is 0 Å². The van der Waals surface area contributed by atoms with E-state index in [0.29, 0.717) is 0 Å². The quantitative estimate of drug-likeness (QED) is 0.747. The maximum Gasteiger partial charge on any atom is 0.0249 e. The van der Waals surface area contributed by atoms with Crippen LogP contribution in [0.25, 0.3) is 0 Å². The minimum absolute atomic E-state index is 0.859. The van der Waals surface area contributed by atoms with Gasteiger partial charge in [0.25, 0.3) is 0 Å². The Morgan fingerprint density at radius 1 is 1.40 bits per heavy atom. The van der Waals surface area contributed by atoms with Crippen LogP contribution in [0.2, 0.25) is 0 Å². The molecule has 1 saturated heterocycles. The van der Waals surface area contributed by atoms with Crippen LogP contribution in [0, 0.1) is 11.8 Å². The molecule has 2 atom stereocenters. The Hall–Kier alpha value is -0.0800. The Morgan fingerprint density at radius 3 is 2.87 bits per heavy atom. The number of nitrogens with zero attached hydrogens (tertiary/aromatic N) is 1. The minimum Gasteiger partial charge on any atom is -0.314 e. The molecule has 1 N–H and O–H groups in total. The summed E-state index contributed by atoms with van der Waals surface area (Å²) in [5, 5.41) is 3.55. The molecule has 88 valence electrons. The maximum absolute atomic E-state index is 3.55. The Kier molecular flexibility index (Phi) is 4.04. The highest BCUT2D eigenvalue weighted by molar-refractivity contribution is 4.92. The van der Waals surface area contributed by atoms with Crippen LogP contribution >= 0.6 is 0 Å². The largest absolute Gasteiger partial charge is 0.314 e. The average molecular weight is 210 g/mol. The lowest BCUT2D eigenvalue weighted by molar-refractivity contribution is 0.122. The van der Waals surface area contributed by atoms with E-state index in [2.05, 4.69) is 24.1 Å². The molecule has 0 aromatic rings. The van der Waals surface area contributed by atoms with Gasteiger partial charge < -0.3 is 5.32 Å². The van der Waals surface area contributed by atoms with E-state index in [1.165, 1.54) is 51.9 Å². The average Bonchev–Trinajstić information content (AvgIpc) is 3.02. The SMILES string of the molecule is CCCC(C)CN1CCNCC1C1CC1. The molecule has 0 aromatic heterocycles. The standard InChI is InChI=1S/C13H26N2/c1-3-4-11(2)10-15-8-7-14-9-13(15)12-5-6-12/h11-14H,3-10H2,1-2H3. The van der Waals surface area contributed by atoms with Gasteiger partial charge in [0.2, 0.25) is 0 Å². The first-order valence-electron chi connectivity index (χ1n) is 6.76. The molecule has 2 heteroatoms. The van der Waals surface area contributed by atoms with Gasteiger partial charge in [0, 0.05) is 32.2 Å². The fraction of sp³-hybridized carbons (Fsp3) is 1.00. The lowest BCUT2D eigenvalue weighted by atomic mass is 10.0. The van der Waals surface area contributed by atoms with Crippen molar-refractivity contribution in [2.75, 3.05) is 26.2 Å². The summed E-state index contributed by atoms with van der Waals surface area (Å²) < 4.78 is 0. The van der Waals surface area contributed by atoms with Gasteiger partial charge in [-0.25, -0.2) is 0 Å². The van der Waals surface area contributed by atoms with Crippen molar-refractivity contribution < 1.29 is 0 Å². The number of hydrogen-bond donors (Lipinski definition) is 1. The minimum atomic E-state index is 0.859. The number of hydrogen-bond acceptors (Lipinski definition) is 2. The topological polar surface area (TPSA) is 15.3 Å². The predicted octanol–water partition coefficient (Wildman–Crippen LogP) is 2.11. The normalized spacial score (nSPS) is 30.4. The van der Waals surface area contributed by atoms with E-state index in [1.807, 2.05) is 0 Å². The third-order valence-corrected chi connectivity index (χ3v) is 3.89. The van der Waals surface area contributed by atoms with Crippen molar-refractivity contribution in [2.45, 2.75) is 45.6 Å². The Bertz CT molecular complexity index is 189. The molecule has 0 spiro atoms. The number of nitrogens with one attached hydrogen (secondary N) is 1. The molecule has 1 aliphatic carbocycles. The molecule has 1 saturated carbocycles. The Labute approximate surface area is 94.4 Å². The van der Waals surface area contributed by atoms with Gasteiger partial charge in [0.05, 0.1) is 0 Å². The highest BCUT2D eigenvalue weighted by Gasteiger charge is 2.36. The van der Waals surface area contributed by atoms with Gasteiger partial charge in [0.15, 0.2) is 0 Å². The summed E-state index contributed by atoms with van der Waals surface area (Å²) in [6.45, 7) is 9.75. The third-order valence-electron chi connectivity index (χ3n) is 3.89. The van der Waals surface area contributed by atoms with Crippen molar-refractivity contribution >= 4 is 0 Å². The van der Waals surface area contributed by atoms with Gasteiger partial charge in [-0.3, -0.25) is 4.90 Å². The zero-order valence-corrected chi connectivity index (χ0v) is 10.3. The highest BCUT2D eigenvalue weighted by atomic mass is 15.2. The van der Waals surface area contributed by atoms with Crippen LogP contribution in [-0.4, -0.2) is 37.1 Å². The summed E-state index contributed by atoms with van der Waals surface area (Å²) in [4.78, 5) is 2.76. The number of rotatable bonds is 5. The van der Waals surface area contributed by atoms with Gasteiger partial charge in [0.1, 0.15) is 0 Å². The van der Waals surface area contributed by atoms with Crippen molar-refractivity contribution in [1.29, 1.82) is 0 Å². The molecule has 2 unspecified atom stereocenters. The molecule has 15 heavy (non-hydrogen) atoms. The molecule has 0 amide bonds. The van der Waals surface area contributed by atoms with Gasteiger partial charge >= 0.3 is 0 Å². The van der Waals surface area contributed by atoms with E-state index >= 15 is 0 Å². The first-order valence-corrected chi connectivity index (χ1v) is 6.76. The molecule has 1 heterocycles. The summed E-state index contributed by atoms with van der Waals surface area (Å²) in [5.74, 6) is 1.90. The van der Waals surface area contributed by atoms with Crippen molar-refractivity contribution in [3.8, 4) is 0 Å². The van der Waals surface area contributed by atoms with E-state index in [-0.39, 0.29) is 0 Å². The Morgan fingerprint density at radius 2 is 2.20 bits per heavy atom. The van der Waals surface area contributed by atoms with E-state index in [4.69, 9.17) is 0 Å². The van der Waals surface area contributed by atoms with Crippen LogP contribution in [0.5, 0.6) is 0 Å². The summed E-state index contributed by atoms with van der Waals surface area (Å²) in [6.07, 6.45) is 5.68. The summed E-state index contributed by atoms with van der Waals surface area (Å²) in [6, 6.07) is 0.859. The van der Waals surface area contributed by atoms with E-state index in [0.717, 1.165) is 17.9 Å². The highest BCUT2D eigenvalue weighted by Crippen LogP contribution is 2.36. The van der Waals surface area contributed by atoms with Crippen molar-refractivity contribution in [3.63, 3.8) is 0 Å². The molecular formula is C13H26N2. The van der Waals surface area contributed by atoms with E-state index < -0.39 is 0 Å². The first kappa shape index (κ1) is 11.4. The first-order chi connectivity index (χ1) is 7.31. The summed E-state index contributed by atoms with van der Waals surface area (Å²) in [5.41, 5.74) is 0. The van der Waals surface area contributed by atoms with Crippen LogP contribution < -0.4 is 5.32 Å². The smallest absolute Gasteiger partial charge is 0.0249 e. The van der Waals surface area contributed by atoms with Gasteiger partial charge in [-0.1, -0.05) is 20.3 Å². The van der Waals surface area contributed by atoms with Gasteiger partial charge in [-0.2, -0.15) is 0 Å². The fourth-order valence-corrected chi connectivity index (χ4v) is 2.92. The second kappa shape index (κ2) is 5.31. The van der Waals surface area contributed by atoms with Crippen molar-refractivity contribution in [3.05, 3.63) is 0 Å². The molecule has 0 bridgehead atoms. The van der Waals surface area contributed by atoms with Crippen molar-refractivity contribution in [1.82, 2.24) is 10.2 Å². The molecule has 0 radical (unpaired) electrons. The fourth-order valence-electron chi connectivity index (χ4n) is 2.92. The molecule has 0 aromatic carbocycles. The zero-order chi connectivity index (χ0) is 10.7. The van der Waals surface area contributed by atoms with Crippen molar-refractivity contribution in [2.24, 2.45) is 11.8 Å². The van der Waals surface area contributed by atoms with Crippen LogP contribution in [0.15, 0.2) is 0 Å². The zero-order valence-electron chi connectivity index (χ0n) is 10.3. The predicted molar refractivity (Wildman–Crippen MR) is 65.0 cm³/mol. The van der Waals surface area contributed by atoms with Crippen LogP contribution in [0.3, 0.4) is 0 Å². The van der Waals surface area contributed by atoms with E-state index in [1.54, 1.807) is 0 Å². The monoisotopic (exact) mass is 210 g/mol. The molecular weight excluding hydrogens is 184 g/mol. The van der Waals surface area contributed by atoms with Crippen LogP contribution in [0.1, 0.15) is 39.5 Å². The Balaban J connectivity index is 1.81. The third kappa shape index (κ3) is 3.18. The molecule has 2 nitrogen and oxygen atoms in total. The van der Waals surface area contributed by atoms with Crippen LogP contribution in [-0.2, 0) is 0 Å². The molecule has 2 rings (SSSR count). The second-order valence-corrected chi connectivity index (χ2v) is 5.50. The molecule has 2 aliphatic rings. The molecule has 2 fully saturated rings. The second-order valence-electron chi connectivity index (χ2n) is 5.50. The molecule has 1 aliphatic heterocycles. The lowest BCUT2D eigenvalue weighted by Gasteiger charge is -2.38. The van der Waals surface area contributed by atoms with Gasteiger partial charge in [-0.05, 0) is 31.1 Å². The maximum atomic E-state index is 3.55. The van der Waals surface area contributed by atoms with Gasteiger partial charge in [-0.15, -0.1) is 0 Å². The summed E-state index contributed by atoms with van der Waals surface area (Å²) >= 11 is 0.